The van der Waals surface area contributed by atoms with Crippen LogP contribution in [0.1, 0.15) is 6.92 Å². The van der Waals surface area contributed by atoms with E-state index >= 15 is 0 Å². The molecule has 1 aliphatic heterocycles. The molecular formula is C11H11FN2. The molecule has 1 heterocycles. The smallest absolute Gasteiger partial charge is 0.146 e. The van der Waals surface area contributed by atoms with Gasteiger partial charge in [-0.05, 0) is 19.1 Å². The van der Waals surface area contributed by atoms with Crippen LogP contribution >= 0.6 is 0 Å². The summed E-state index contributed by atoms with van der Waals surface area (Å²) in [5.74, 6) is -0.209. The van der Waals surface area contributed by atoms with Crippen LogP contribution in [0.2, 0.25) is 0 Å². The lowest BCUT2D eigenvalue weighted by Crippen LogP contribution is -2.31. The van der Waals surface area contributed by atoms with Gasteiger partial charge in [0, 0.05) is 18.6 Å². The fourth-order valence-electron chi connectivity index (χ4n) is 1.45. The van der Waals surface area contributed by atoms with Crippen molar-refractivity contribution in [2.45, 2.75) is 13.0 Å². The van der Waals surface area contributed by atoms with Crippen LogP contribution < -0.4 is 4.90 Å². The van der Waals surface area contributed by atoms with Crippen LogP contribution in [0.3, 0.4) is 0 Å². The van der Waals surface area contributed by atoms with Gasteiger partial charge in [0.25, 0.3) is 0 Å². The molecule has 1 unspecified atom stereocenters. The van der Waals surface area contributed by atoms with E-state index in [0.29, 0.717) is 5.69 Å². The lowest BCUT2D eigenvalue weighted by atomic mass is 10.2. The number of rotatable bonds is 1. The Morgan fingerprint density at radius 2 is 2.14 bits per heavy atom. The van der Waals surface area contributed by atoms with Crippen molar-refractivity contribution in [3.8, 4) is 0 Å². The zero-order valence-electron chi connectivity index (χ0n) is 7.89. The zero-order chi connectivity index (χ0) is 9.97. The van der Waals surface area contributed by atoms with E-state index in [9.17, 15) is 4.39 Å². The molecule has 1 aromatic rings. The summed E-state index contributed by atoms with van der Waals surface area (Å²) in [5.41, 5.74) is 0.586. The second kappa shape index (κ2) is 3.62. The number of para-hydroxylation sites is 1. The Balaban J connectivity index is 2.36. The number of nitrogens with zero attached hydrogens (tertiary/aromatic N) is 2. The van der Waals surface area contributed by atoms with Gasteiger partial charge in [0.2, 0.25) is 0 Å². The van der Waals surface area contributed by atoms with Crippen LogP contribution in [-0.2, 0) is 0 Å². The van der Waals surface area contributed by atoms with Crippen LogP contribution in [0.4, 0.5) is 10.1 Å². The number of anilines is 1. The van der Waals surface area contributed by atoms with Gasteiger partial charge in [-0.1, -0.05) is 12.1 Å². The van der Waals surface area contributed by atoms with Gasteiger partial charge < -0.3 is 4.90 Å². The number of hydrogen-bond acceptors (Lipinski definition) is 2. The first-order valence-corrected chi connectivity index (χ1v) is 4.52. The summed E-state index contributed by atoms with van der Waals surface area (Å²) in [6.45, 7) is 1.97. The number of aliphatic imine (C=N–C) groups is 1. The summed E-state index contributed by atoms with van der Waals surface area (Å²) in [7, 11) is 0. The molecule has 0 amide bonds. The summed E-state index contributed by atoms with van der Waals surface area (Å²) >= 11 is 0. The molecule has 1 aliphatic rings. The molecule has 0 radical (unpaired) electrons. The quantitative estimate of drug-likeness (QED) is 0.664. The molecule has 0 bridgehead atoms. The van der Waals surface area contributed by atoms with Gasteiger partial charge in [-0.2, -0.15) is 0 Å². The van der Waals surface area contributed by atoms with E-state index in [2.05, 4.69) is 4.99 Å². The van der Waals surface area contributed by atoms with E-state index in [-0.39, 0.29) is 11.9 Å². The average Bonchev–Trinajstić information content (AvgIpc) is 2.20. The van der Waals surface area contributed by atoms with Crippen LogP contribution in [0.25, 0.3) is 0 Å². The van der Waals surface area contributed by atoms with Crippen LogP contribution in [-0.4, -0.2) is 12.3 Å². The topological polar surface area (TPSA) is 15.6 Å². The maximum absolute atomic E-state index is 13.4. The van der Waals surface area contributed by atoms with Crippen molar-refractivity contribution in [1.82, 2.24) is 0 Å². The highest BCUT2D eigenvalue weighted by Gasteiger charge is 2.14. The molecule has 0 fully saturated rings. The molecule has 0 aromatic heterocycles. The highest BCUT2D eigenvalue weighted by atomic mass is 19.1. The second-order valence-corrected chi connectivity index (χ2v) is 3.20. The van der Waals surface area contributed by atoms with Gasteiger partial charge in [-0.25, -0.2) is 4.39 Å². The SMILES string of the molecule is CC1C=NC=CN1c1ccccc1F. The number of benzene rings is 1. The van der Waals surface area contributed by atoms with Crippen molar-refractivity contribution < 1.29 is 4.39 Å². The van der Waals surface area contributed by atoms with E-state index in [1.54, 1.807) is 30.7 Å². The molecule has 0 saturated heterocycles. The van der Waals surface area contributed by atoms with Crippen molar-refractivity contribution in [1.29, 1.82) is 0 Å². The summed E-state index contributed by atoms with van der Waals surface area (Å²) in [5, 5.41) is 0. The molecule has 1 atom stereocenters. The molecule has 0 N–H and O–H groups in total. The highest BCUT2D eigenvalue weighted by molar-refractivity contribution is 5.73. The monoisotopic (exact) mass is 190 g/mol. The van der Waals surface area contributed by atoms with Crippen LogP contribution in [0.5, 0.6) is 0 Å². The van der Waals surface area contributed by atoms with E-state index in [4.69, 9.17) is 0 Å². The Morgan fingerprint density at radius 1 is 1.36 bits per heavy atom. The van der Waals surface area contributed by atoms with Crippen molar-refractivity contribution in [2.75, 3.05) is 4.90 Å². The zero-order valence-corrected chi connectivity index (χ0v) is 7.89. The second-order valence-electron chi connectivity index (χ2n) is 3.20. The average molecular weight is 190 g/mol. The molecule has 72 valence electrons. The Kier molecular flexibility index (Phi) is 2.31. The van der Waals surface area contributed by atoms with Crippen LogP contribution in [0.15, 0.2) is 41.7 Å². The van der Waals surface area contributed by atoms with Gasteiger partial charge in [-0.15, -0.1) is 0 Å². The van der Waals surface area contributed by atoms with Gasteiger partial charge in [0.05, 0.1) is 11.7 Å². The molecule has 0 aliphatic carbocycles. The predicted octanol–water partition coefficient (Wildman–Crippen LogP) is 2.58. The standard InChI is InChI=1S/C11H11FN2/c1-9-8-13-6-7-14(9)11-5-3-2-4-10(11)12/h2-9H,1H3. The summed E-state index contributed by atoms with van der Waals surface area (Å²) in [4.78, 5) is 5.84. The van der Waals surface area contributed by atoms with Gasteiger partial charge in [0.15, 0.2) is 0 Å². The van der Waals surface area contributed by atoms with E-state index in [0.717, 1.165) is 0 Å². The molecule has 3 heteroatoms. The summed E-state index contributed by atoms with van der Waals surface area (Å²) in [6, 6.07) is 6.82. The summed E-state index contributed by atoms with van der Waals surface area (Å²) < 4.78 is 13.4. The van der Waals surface area contributed by atoms with Crippen molar-refractivity contribution in [2.24, 2.45) is 4.99 Å². The largest absolute Gasteiger partial charge is 0.336 e. The fourth-order valence-corrected chi connectivity index (χ4v) is 1.45. The minimum Gasteiger partial charge on any atom is -0.336 e. The lowest BCUT2D eigenvalue weighted by molar-refractivity contribution is 0.622. The van der Waals surface area contributed by atoms with Crippen molar-refractivity contribution in [3.05, 3.63) is 42.5 Å². The lowest BCUT2D eigenvalue weighted by Gasteiger charge is -2.26. The minimum absolute atomic E-state index is 0.0944. The maximum atomic E-state index is 13.4. The number of halogens is 1. The van der Waals surface area contributed by atoms with Crippen molar-refractivity contribution in [3.63, 3.8) is 0 Å². The molecule has 2 nitrogen and oxygen atoms in total. The summed E-state index contributed by atoms with van der Waals surface area (Å²) in [6.07, 6.45) is 5.22. The Morgan fingerprint density at radius 3 is 2.86 bits per heavy atom. The van der Waals surface area contributed by atoms with E-state index < -0.39 is 0 Å². The normalized spacial score (nSPS) is 20.1. The number of hydrogen-bond donors (Lipinski definition) is 0. The third-order valence-corrected chi connectivity index (χ3v) is 2.18. The Hall–Kier alpha value is -1.64. The molecule has 0 spiro atoms. The van der Waals surface area contributed by atoms with E-state index in [1.807, 2.05) is 17.9 Å². The van der Waals surface area contributed by atoms with Gasteiger partial charge >= 0.3 is 0 Å². The molecular weight excluding hydrogens is 179 g/mol. The highest BCUT2D eigenvalue weighted by Crippen LogP contribution is 2.22. The van der Waals surface area contributed by atoms with Gasteiger partial charge in [-0.3, -0.25) is 4.99 Å². The molecule has 2 rings (SSSR count). The third-order valence-electron chi connectivity index (χ3n) is 2.18. The first-order valence-electron chi connectivity index (χ1n) is 4.52. The molecule has 1 aromatic carbocycles. The first-order chi connectivity index (χ1) is 6.79. The fraction of sp³-hybridized carbons (Fsp3) is 0.182. The first kappa shape index (κ1) is 8.94. The van der Waals surface area contributed by atoms with Gasteiger partial charge in [0.1, 0.15) is 5.82 Å². The van der Waals surface area contributed by atoms with Crippen LogP contribution in [0, 0.1) is 5.82 Å². The Labute approximate surface area is 82.4 Å². The molecule has 14 heavy (non-hydrogen) atoms. The van der Waals surface area contributed by atoms with Crippen molar-refractivity contribution >= 4 is 11.9 Å². The maximum Gasteiger partial charge on any atom is 0.146 e. The molecule has 0 saturated carbocycles. The Bertz CT molecular complexity index is 385. The predicted molar refractivity (Wildman–Crippen MR) is 56.0 cm³/mol. The minimum atomic E-state index is -0.209. The van der Waals surface area contributed by atoms with E-state index in [1.165, 1.54) is 6.07 Å². The third kappa shape index (κ3) is 1.53.